The molecular formula is C15H15F3N4O2. The summed E-state index contributed by atoms with van der Waals surface area (Å²) in [6.07, 6.45) is -1.08. The van der Waals surface area contributed by atoms with Gasteiger partial charge >= 0.3 is 6.36 Å². The summed E-state index contributed by atoms with van der Waals surface area (Å²) in [4.78, 5) is 13.9. The van der Waals surface area contributed by atoms with Gasteiger partial charge in [0.25, 0.3) is 5.91 Å². The molecule has 1 aliphatic rings. The third-order valence-corrected chi connectivity index (χ3v) is 3.70. The van der Waals surface area contributed by atoms with Crippen molar-refractivity contribution >= 4 is 11.6 Å². The second kappa shape index (κ2) is 6.42. The summed E-state index contributed by atoms with van der Waals surface area (Å²) in [5, 5.41) is 9.17. The van der Waals surface area contributed by atoms with Crippen molar-refractivity contribution in [3.05, 3.63) is 42.2 Å². The lowest BCUT2D eigenvalue weighted by atomic mass is 10.2. The monoisotopic (exact) mass is 340 g/mol. The van der Waals surface area contributed by atoms with Crippen molar-refractivity contribution in [2.45, 2.75) is 18.8 Å². The third kappa shape index (κ3) is 3.98. The maximum absolute atomic E-state index is 12.3. The SMILES string of the molecule is O=C(N[C@@H]1CCN(c2cccc(OC(F)(F)F)c2)C1)c1cn[nH]c1. The van der Waals surface area contributed by atoms with Crippen LogP contribution < -0.4 is 15.0 Å². The number of nitrogens with zero attached hydrogens (tertiary/aromatic N) is 2. The second-order valence-electron chi connectivity index (χ2n) is 5.44. The Labute approximate surface area is 135 Å². The van der Waals surface area contributed by atoms with Crippen LogP contribution in [0.3, 0.4) is 0 Å². The molecule has 1 fully saturated rings. The Morgan fingerprint density at radius 2 is 2.25 bits per heavy atom. The lowest BCUT2D eigenvalue weighted by molar-refractivity contribution is -0.274. The van der Waals surface area contributed by atoms with Gasteiger partial charge in [0.2, 0.25) is 0 Å². The van der Waals surface area contributed by atoms with Crippen LogP contribution >= 0.6 is 0 Å². The lowest BCUT2D eigenvalue weighted by Gasteiger charge is -2.20. The van der Waals surface area contributed by atoms with Gasteiger partial charge in [0.15, 0.2) is 0 Å². The molecule has 0 radical (unpaired) electrons. The first-order chi connectivity index (χ1) is 11.4. The summed E-state index contributed by atoms with van der Waals surface area (Å²) >= 11 is 0. The van der Waals surface area contributed by atoms with Gasteiger partial charge in [-0.1, -0.05) is 6.07 Å². The van der Waals surface area contributed by atoms with Crippen LogP contribution in [0.2, 0.25) is 0 Å². The number of hydrogen-bond donors (Lipinski definition) is 2. The number of aromatic nitrogens is 2. The standard InChI is InChI=1S/C15H15F3N4O2/c16-15(17,18)24-13-3-1-2-12(6-13)22-5-4-11(9-22)21-14(23)10-7-19-20-8-10/h1-3,6-8,11H,4-5,9H2,(H,19,20)(H,21,23)/t11-/m1/s1. The van der Waals surface area contributed by atoms with Gasteiger partial charge in [0.05, 0.1) is 11.8 Å². The fourth-order valence-electron chi connectivity index (χ4n) is 2.63. The Kier molecular flexibility index (Phi) is 4.32. The molecule has 0 bridgehead atoms. The number of amides is 1. The lowest BCUT2D eigenvalue weighted by Crippen LogP contribution is -2.37. The highest BCUT2D eigenvalue weighted by Crippen LogP contribution is 2.28. The van der Waals surface area contributed by atoms with Gasteiger partial charge in [-0.15, -0.1) is 13.2 Å². The number of halogens is 3. The molecule has 9 heteroatoms. The van der Waals surface area contributed by atoms with Crippen molar-refractivity contribution < 1.29 is 22.7 Å². The first-order valence-electron chi connectivity index (χ1n) is 7.31. The van der Waals surface area contributed by atoms with Crippen LogP contribution in [-0.4, -0.2) is 41.6 Å². The first-order valence-corrected chi connectivity index (χ1v) is 7.31. The Hall–Kier alpha value is -2.71. The molecule has 1 saturated heterocycles. The Bertz CT molecular complexity index is 703. The number of alkyl halides is 3. The van der Waals surface area contributed by atoms with Gasteiger partial charge in [0.1, 0.15) is 5.75 Å². The third-order valence-electron chi connectivity index (χ3n) is 3.70. The maximum atomic E-state index is 12.3. The minimum absolute atomic E-state index is 0.0837. The highest BCUT2D eigenvalue weighted by atomic mass is 19.4. The van der Waals surface area contributed by atoms with Crippen LogP contribution in [0.25, 0.3) is 0 Å². The quantitative estimate of drug-likeness (QED) is 0.896. The van der Waals surface area contributed by atoms with E-state index in [4.69, 9.17) is 0 Å². The average molecular weight is 340 g/mol. The molecule has 0 unspecified atom stereocenters. The number of rotatable bonds is 4. The van der Waals surface area contributed by atoms with E-state index in [0.29, 0.717) is 30.8 Å². The number of carbonyl (C=O) groups excluding carboxylic acids is 1. The zero-order chi connectivity index (χ0) is 17.2. The fourth-order valence-corrected chi connectivity index (χ4v) is 2.63. The number of carbonyl (C=O) groups is 1. The van der Waals surface area contributed by atoms with E-state index in [9.17, 15) is 18.0 Å². The minimum atomic E-state index is -4.72. The van der Waals surface area contributed by atoms with Crippen molar-refractivity contribution in [1.82, 2.24) is 15.5 Å². The summed E-state index contributed by atoms with van der Waals surface area (Å²) in [5.41, 5.74) is 1.06. The average Bonchev–Trinajstić information content (AvgIpc) is 3.17. The molecule has 1 amide bonds. The minimum Gasteiger partial charge on any atom is -0.406 e. The van der Waals surface area contributed by atoms with Crippen LogP contribution in [0, 0.1) is 0 Å². The molecule has 2 aromatic rings. The van der Waals surface area contributed by atoms with Gasteiger partial charge in [-0.05, 0) is 18.6 Å². The number of benzene rings is 1. The molecule has 0 spiro atoms. The molecule has 2 heterocycles. The molecule has 0 saturated carbocycles. The molecular weight excluding hydrogens is 325 g/mol. The summed E-state index contributed by atoms with van der Waals surface area (Å²) < 4.78 is 40.8. The smallest absolute Gasteiger partial charge is 0.406 e. The second-order valence-corrected chi connectivity index (χ2v) is 5.44. The molecule has 6 nitrogen and oxygen atoms in total. The molecule has 0 aliphatic carbocycles. The maximum Gasteiger partial charge on any atom is 0.573 e. The fraction of sp³-hybridized carbons (Fsp3) is 0.333. The van der Waals surface area contributed by atoms with E-state index in [0.717, 1.165) is 0 Å². The van der Waals surface area contributed by atoms with Crippen LogP contribution in [0.5, 0.6) is 5.75 Å². The summed E-state index contributed by atoms with van der Waals surface area (Å²) in [6, 6.07) is 5.73. The molecule has 1 aromatic carbocycles. The van der Waals surface area contributed by atoms with Crippen molar-refractivity contribution in [2.75, 3.05) is 18.0 Å². The van der Waals surface area contributed by atoms with E-state index in [-0.39, 0.29) is 17.7 Å². The van der Waals surface area contributed by atoms with Crippen LogP contribution in [0.15, 0.2) is 36.7 Å². The van der Waals surface area contributed by atoms with Crippen LogP contribution in [0.4, 0.5) is 18.9 Å². The van der Waals surface area contributed by atoms with Crippen molar-refractivity contribution in [3.63, 3.8) is 0 Å². The van der Waals surface area contributed by atoms with Gasteiger partial charge in [0, 0.05) is 37.1 Å². The molecule has 1 atom stereocenters. The van der Waals surface area contributed by atoms with Gasteiger partial charge < -0.3 is 15.0 Å². The Balaban J connectivity index is 1.61. The molecule has 128 valence electrons. The number of nitrogens with one attached hydrogen (secondary N) is 2. The van der Waals surface area contributed by atoms with E-state index in [2.05, 4.69) is 20.3 Å². The molecule has 1 aromatic heterocycles. The van der Waals surface area contributed by atoms with Crippen LogP contribution in [-0.2, 0) is 0 Å². The predicted octanol–water partition coefficient (Wildman–Crippen LogP) is 2.32. The van der Waals surface area contributed by atoms with Crippen molar-refractivity contribution in [1.29, 1.82) is 0 Å². The zero-order valence-corrected chi connectivity index (χ0v) is 12.5. The summed E-state index contributed by atoms with van der Waals surface area (Å²) in [5.74, 6) is -0.490. The Morgan fingerprint density at radius 1 is 1.42 bits per heavy atom. The summed E-state index contributed by atoms with van der Waals surface area (Å²) in [7, 11) is 0. The Morgan fingerprint density at radius 3 is 2.96 bits per heavy atom. The van der Waals surface area contributed by atoms with E-state index in [1.54, 1.807) is 6.07 Å². The normalized spacial score (nSPS) is 17.8. The van der Waals surface area contributed by atoms with E-state index < -0.39 is 6.36 Å². The predicted molar refractivity (Wildman–Crippen MR) is 79.8 cm³/mol. The van der Waals surface area contributed by atoms with Crippen molar-refractivity contribution in [2.24, 2.45) is 0 Å². The van der Waals surface area contributed by atoms with Crippen LogP contribution in [0.1, 0.15) is 16.8 Å². The topological polar surface area (TPSA) is 70.2 Å². The number of H-pyrrole nitrogens is 1. The van der Waals surface area contributed by atoms with Gasteiger partial charge in [-0.2, -0.15) is 5.10 Å². The van der Waals surface area contributed by atoms with E-state index in [1.165, 1.54) is 30.6 Å². The highest BCUT2D eigenvalue weighted by Gasteiger charge is 2.31. The number of aromatic amines is 1. The molecule has 2 N–H and O–H groups in total. The first kappa shape index (κ1) is 16.2. The van der Waals surface area contributed by atoms with E-state index >= 15 is 0 Å². The highest BCUT2D eigenvalue weighted by molar-refractivity contribution is 5.93. The van der Waals surface area contributed by atoms with Gasteiger partial charge in [-0.3, -0.25) is 9.89 Å². The zero-order valence-electron chi connectivity index (χ0n) is 12.5. The number of ether oxygens (including phenoxy) is 1. The molecule has 3 rings (SSSR count). The van der Waals surface area contributed by atoms with Crippen molar-refractivity contribution in [3.8, 4) is 5.75 Å². The number of anilines is 1. The summed E-state index contributed by atoms with van der Waals surface area (Å²) in [6.45, 7) is 1.14. The molecule has 1 aliphatic heterocycles. The molecule has 24 heavy (non-hydrogen) atoms. The largest absolute Gasteiger partial charge is 0.573 e. The van der Waals surface area contributed by atoms with Gasteiger partial charge in [-0.25, -0.2) is 0 Å². The van der Waals surface area contributed by atoms with E-state index in [1.807, 2.05) is 4.90 Å². The number of hydrogen-bond acceptors (Lipinski definition) is 4.